The van der Waals surface area contributed by atoms with E-state index in [0.29, 0.717) is 13.2 Å². The summed E-state index contributed by atoms with van der Waals surface area (Å²) in [7, 11) is 0. The van der Waals surface area contributed by atoms with E-state index in [9.17, 15) is 0 Å². The Kier molecular flexibility index (Phi) is 10.9. The van der Waals surface area contributed by atoms with Crippen molar-refractivity contribution in [2.75, 3.05) is 13.2 Å². The van der Waals surface area contributed by atoms with E-state index in [0.717, 1.165) is 31.6 Å². The molecule has 0 aromatic heterocycles. The van der Waals surface area contributed by atoms with Crippen molar-refractivity contribution < 1.29 is 10.2 Å². The van der Waals surface area contributed by atoms with Crippen LogP contribution >= 0.6 is 0 Å². The van der Waals surface area contributed by atoms with E-state index in [1.165, 1.54) is 25.7 Å². The van der Waals surface area contributed by atoms with Gasteiger partial charge in [-0.25, -0.2) is 0 Å². The van der Waals surface area contributed by atoms with Gasteiger partial charge in [0.15, 0.2) is 0 Å². The monoisotopic (exact) mass is 202 g/mol. The van der Waals surface area contributed by atoms with Crippen molar-refractivity contribution in [2.45, 2.75) is 58.3 Å². The number of rotatable bonds is 10. The fraction of sp³-hybridized carbons (Fsp3) is 1.00. The van der Waals surface area contributed by atoms with Gasteiger partial charge in [-0.2, -0.15) is 0 Å². The molecule has 86 valence electrons. The lowest BCUT2D eigenvalue weighted by atomic mass is 9.92. The van der Waals surface area contributed by atoms with Gasteiger partial charge in [0.25, 0.3) is 0 Å². The van der Waals surface area contributed by atoms with Gasteiger partial charge in [0.1, 0.15) is 0 Å². The molecular formula is C12H26O2. The molecule has 0 aliphatic rings. The standard InChI is InChI=1S/C12H26O2/c1-2-7-12(8-3-5-10-13)9-4-6-11-14/h12-14H,2-11H2,1H3. The Morgan fingerprint density at radius 3 is 1.64 bits per heavy atom. The maximum atomic E-state index is 8.69. The van der Waals surface area contributed by atoms with Gasteiger partial charge in [-0.05, 0) is 18.8 Å². The zero-order valence-corrected chi connectivity index (χ0v) is 9.54. The highest BCUT2D eigenvalue weighted by molar-refractivity contribution is 4.59. The van der Waals surface area contributed by atoms with Crippen molar-refractivity contribution in [1.29, 1.82) is 0 Å². The first-order chi connectivity index (χ1) is 6.85. The van der Waals surface area contributed by atoms with Crippen LogP contribution in [0.2, 0.25) is 0 Å². The molecule has 0 unspecified atom stereocenters. The van der Waals surface area contributed by atoms with Gasteiger partial charge in [-0.15, -0.1) is 0 Å². The van der Waals surface area contributed by atoms with Crippen LogP contribution in [0, 0.1) is 5.92 Å². The molecule has 0 saturated carbocycles. The highest BCUT2D eigenvalue weighted by Crippen LogP contribution is 2.20. The average Bonchev–Trinajstić information content (AvgIpc) is 2.18. The summed E-state index contributed by atoms with van der Waals surface area (Å²) in [4.78, 5) is 0. The summed E-state index contributed by atoms with van der Waals surface area (Å²) in [5, 5.41) is 17.4. The molecule has 0 atom stereocenters. The molecule has 0 aliphatic carbocycles. The molecule has 2 nitrogen and oxygen atoms in total. The van der Waals surface area contributed by atoms with Crippen molar-refractivity contribution in [3.8, 4) is 0 Å². The second-order valence-electron chi connectivity index (χ2n) is 4.09. The van der Waals surface area contributed by atoms with Crippen molar-refractivity contribution in [2.24, 2.45) is 5.92 Å². The average molecular weight is 202 g/mol. The Labute approximate surface area is 88.3 Å². The molecule has 14 heavy (non-hydrogen) atoms. The number of hydrogen-bond donors (Lipinski definition) is 2. The third-order valence-electron chi connectivity index (χ3n) is 2.74. The summed E-state index contributed by atoms with van der Waals surface area (Å²) in [6.45, 7) is 2.88. The third-order valence-corrected chi connectivity index (χ3v) is 2.74. The van der Waals surface area contributed by atoms with Crippen LogP contribution in [0.15, 0.2) is 0 Å². The topological polar surface area (TPSA) is 40.5 Å². The van der Waals surface area contributed by atoms with E-state index in [1.54, 1.807) is 0 Å². The van der Waals surface area contributed by atoms with Crippen molar-refractivity contribution >= 4 is 0 Å². The first kappa shape index (κ1) is 13.9. The third kappa shape index (κ3) is 8.52. The van der Waals surface area contributed by atoms with Crippen LogP contribution in [0.3, 0.4) is 0 Å². The second kappa shape index (κ2) is 11.0. The number of unbranched alkanes of at least 4 members (excludes halogenated alkanes) is 2. The number of aliphatic hydroxyl groups is 2. The molecule has 0 amide bonds. The first-order valence-corrected chi connectivity index (χ1v) is 6.06. The van der Waals surface area contributed by atoms with Crippen molar-refractivity contribution in [3.63, 3.8) is 0 Å². The van der Waals surface area contributed by atoms with Crippen LogP contribution in [-0.4, -0.2) is 23.4 Å². The molecule has 0 rings (SSSR count). The highest BCUT2D eigenvalue weighted by Gasteiger charge is 2.06. The normalized spacial score (nSPS) is 11.1. The predicted molar refractivity (Wildman–Crippen MR) is 60.3 cm³/mol. The zero-order chi connectivity index (χ0) is 10.6. The summed E-state index contributed by atoms with van der Waals surface area (Å²) in [5.41, 5.74) is 0. The fourth-order valence-corrected chi connectivity index (χ4v) is 1.93. The molecule has 0 bridgehead atoms. The lowest BCUT2D eigenvalue weighted by molar-refractivity contribution is 0.264. The minimum absolute atomic E-state index is 0.329. The highest BCUT2D eigenvalue weighted by atomic mass is 16.3. The maximum Gasteiger partial charge on any atom is 0.0431 e. The van der Waals surface area contributed by atoms with Gasteiger partial charge >= 0.3 is 0 Å². The van der Waals surface area contributed by atoms with Crippen molar-refractivity contribution in [1.82, 2.24) is 0 Å². The Balaban J connectivity index is 3.44. The van der Waals surface area contributed by atoms with Crippen LogP contribution in [0.5, 0.6) is 0 Å². The molecule has 0 radical (unpaired) electrons. The molecule has 2 heteroatoms. The van der Waals surface area contributed by atoms with Crippen LogP contribution in [0.25, 0.3) is 0 Å². The summed E-state index contributed by atoms with van der Waals surface area (Å²) < 4.78 is 0. The largest absolute Gasteiger partial charge is 0.396 e. The van der Waals surface area contributed by atoms with E-state index in [-0.39, 0.29) is 0 Å². The Hall–Kier alpha value is -0.0800. The Morgan fingerprint density at radius 2 is 1.29 bits per heavy atom. The molecule has 0 spiro atoms. The van der Waals surface area contributed by atoms with Gasteiger partial charge in [0, 0.05) is 13.2 Å². The van der Waals surface area contributed by atoms with E-state index in [2.05, 4.69) is 6.92 Å². The van der Waals surface area contributed by atoms with E-state index >= 15 is 0 Å². The van der Waals surface area contributed by atoms with Gasteiger partial charge in [-0.1, -0.05) is 45.4 Å². The molecule has 0 heterocycles. The molecule has 2 N–H and O–H groups in total. The molecule has 0 fully saturated rings. The minimum Gasteiger partial charge on any atom is -0.396 e. The zero-order valence-electron chi connectivity index (χ0n) is 9.54. The number of hydrogen-bond acceptors (Lipinski definition) is 2. The molecular weight excluding hydrogens is 176 g/mol. The number of aliphatic hydroxyl groups excluding tert-OH is 2. The minimum atomic E-state index is 0.329. The van der Waals surface area contributed by atoms with Crippen LogP contribution in [-0.2, 0) is 0 Å². The molecule has 0 aliphatic heterocycles. The van der Waals surface area contributed by atoms with Gasteiger partial charge in [-0.3, -0.25) is 0 Å². The quantitative estimate of drug-likeness (QED) is 0.535. The van der Waals surface area contributed by atoms with Crippen LogP contribution < -0.4 is 0 Å². The summed E-state index contributed by atoms with van der Waals surface area (Å²) in [6, 6.07) is 0. The van der Waals surface area contributed by atoms with Crippen LogP contribution in [0.1, 0.15) is 58.3 Å². The van der Waals surface area contributed by atoms with Crippen LogP contribution in [0.4, 0.5) is 0 Å². The Bertz CT molecular complexity index is 94.5. The van der Waals surface area contributed by atoms with Crippen molar-refractivity contribution in [3.05, 3.63) is 0 Å². The summed E-state index contributed by atoms with van der Waals surface area (Å²) in [6.07, 6.45) is 9.25. The lowest BCUT2D eigenvalue weighted by Gasteiger charge is -2.15. The van der Waals surface area contributed by atoms with Gasteiger partial charge in [0.05, 0.1) is 0 Å². The lowest BCUT2D eigenvalue weighted by Crippen LogP contribution is -2.01. The van der Waals surface area contributed by atoms with Gasteiger partial charge in [0.2, 0.25) is 0 Å². The smallest absolute Gasteiger partial charge is 0.0431 e. The summed E-state index contributed by atoms with van der Waals surface area (Å²) in [5.74, 6) is 0.818. The first-order valence-electron chi connectivity index (χ1n) is 6.06. The maximum absolute atomic E-state index is 8.69. The van der Waals surface area contributed by atoms with E-state index < -0.39 is 0 Å². The van der Waals surface area contributed by atoms with Gasteiger partial charge < -0.3 is 10.2 Å². The second-order valence-corrected chi connectivity index (χ2v) is 4.09. The van der Waals surface area contributed by atoms with E-state index in [1.807, 2.05) is 0 Å². The molecule has 0 aromatic rings. The fourth-order valence-electron chi connectivity index (χ4n) is 1.93. The Morgan fingerprint density at radius 1 is 0.786 bits per heavy atom. The SMILES string of the molecule is CCCC(CCCCO)CCCCO. The predicted octanol–water partition coefficient (Wildman–Crippen LogP) is 2.73. The van der Waals surface area contributed by atoms with E-state index in [4.69, 9.17) is 10.2 Å². The molecule has 0 aromatic carbocycles. The summed E-state index contributed by atoms with van der Waals surface area (Å²) >= 11 is 0. The molecule has 0 saturated heterocycles.